The average Bonchev–Trinajstić information content (AvgIpc) is 4.02. The number of aliphatic hydroxyl groups is 1. The molecule has 0 fully saturated rings. The third kappa shape index (κ3) is 13.1. The molecular weight excluding hydrogens is 1010 g/mol. The summed E-state index contributed by atoms with van der Waals surface area (Å²) in [5.74, 6) is 0.551. The van der Waals surface area contributed by atoms with Crippen molar-refractivity contribution in [2.45, 2.75) is 49.5 Å². The number of fused-ring (bicyclic) bond motifs is 3. The Bertz CT molecular complexity index is 3200. The van der Waals surface area contributed by atoms with Crippen LogP contribution in [0.4, 0.5) is 11.4 Å². The molecule has 2 atom stereocenters. The first kappa shape index (κ1) is 58.3. The lowest BCUT2D eigenvalue weighted by Gasteiger charge is -2.37. The molecule has 0 aliphatic heterocycles. The Balaban J connectivity index is 1.14. The number of hydrogen-bond donors (Lipinski definition) is 1. The third-order valence-electron chi connectivity index (χ3n) is 15.1. The second-order valence-corrected chi connectivity index (χ2v) is 20.0. The second-order valence-electron chi connectivity index (χ2n) is 20.0. The molecule has 416 valence electrons. The van der Waals surface area contributed by atoms with Gasteiger partial charge in [0, 0.05) is 74.6 Å². The maximum absolute atomic E-state index is 12.8. The van der Waals surface area contributed by atoms with Crippen molar-refractivity contribution in [3.8, 4) is 22.6 Å². The van der Waals surface area contributed by atoms with Crippen molar-refractivity contribution in [2.24, 2.45) is 0 Å². The molecule has 1 N–H and O–H groups in total. The third-order valence-corrected chi connectivity index (χ3v) is 15.1. The molecular formula is C66H70N2O12. The van der Waals surface area contributed by atoms with Gasteiger partial charge in [-0.15, -0.1) is 0 Å². The lowest BCUT2D eigenvalue weighted by Crippen LogP contribution is -2.34. The first-order valence-corrected chi connectivity index (χ1v) is 26.8. The monoisotopic (exact) mass is 1080 g/mol. The standard InChI is InChI=1S/C66H70N2O12/c1-46(44-69)59-40-48(18-30-63(59)67(70)71)12-14-50-16-28-57-58-29-17-51(43-62(58)65(61(57)42-50,32-34-78-38-36-74-3)33-35-79-39-37-75-4)15-13-49-19-31-64(68(72)73)60(41-49)47(2)45-80-66(52-10-8-7-9-11-52,53-20-24-55(76-5)25-21-53)54-22-26-56(77-6)27-23-54/h7-31,40-43,46-47,69H,32-39,44-45H2,1-6H3/b14-12+,15-13+. The van der Waals surface area contributed by atoms with E-state index in [1.807, 2.05) is 116 Å². The molecule has 0 amide bonds. The van der Waals surface area contributed by atoms with Gasteiger partial charge >= 0.3 is 0 Å². The summed E-state index contributed by atoms with van der Waals surface area (Å²) in [4.78, 5) is 23.9. The van der Waals surface area contributed by atoms with Crippen LogP contribution in [0.5, 0.6) is 11.5 Å². The highest BCUT2D eigenvalue weighted by Crippen LogP contribution is 2.54. The highest BCUT2D eigenvalue weighted by Gasteiger charge is 2.43. The summed E-state index contributed by atoms with van der Waals surface area (Å²) in [5, 5.41) is 34.5. The molecule has 1 aliphatic carbocycles. The van der Waals surface area contributed by atoms with Gasteiger partial charge < -0.3 is 38.3 Å². The number of methoxy groups -OCH3 is 4. The van der Waals surface area contributed by atoms with E-state index in [1.54, 1.807) is 59.6 Å². The average molecular weight is 1080 g/mol. The normalized spacial score (nSPS) is 13.5. The van der Waals surface area contributed by atoms with Gasteiger partial charge in [0.2, 0.25) is 0 Å². The zero-order chi connectivity index (χ0) is 56.7. The molecule has 7 aromatic carbocycles. The number of nitro benzene ring substituents is 2. The van der Waals surface area contributed by atoms with Crippen LogP contribution in [0, 0.1) is 20.2 Å². The minimum absolute atomic E-state index is 0.000902. The maximum atomic E-state index is 12.8. The topological polar surface area (TPSA) is 171 Å². The molecule has 0 radical (unpaired) electrons. The summed E-state index contributed by atoms with van der Waals surface area (Å²) in [6.07, 6.45) is 9.27. The Morgan fingerprint density at radius 1 is 0.512 bits per heavy atom. The largest absolute Gasteiger partial charge is 0.497 e. The lowest BCUT2D eigenvalue weighted by atomic mass is 9.72. The molecule has 14 heteroatoms. The van der Waals surface area contributed by atoms with Crippen LogP contribution in [0.25, 0.3) is 35.4 Å². The van der Waals surface area contributed by atoms with E-state index in [-0.39, 0.29) is 29.5 Å². The number of benzene rings is 7. The minimum Gasteiger partial charge on any atom is -0.497 e. The molecule has 0 heterocycles. The van der Waals surface area contributed by atoms with E-state index in [9.17, 15) is 25.3 Å². The Labute approximate surface area is 468 Å². The van der Waals surface area contributed by atoms with Gasteiger partial charge in [0.1, 0.15) is 17.1 Å². The molecule has 0 bridgehead atoms. The van der Waals surface area contributed by atoms with Crippen LogP contribution in [0.3, 0.4) is 0 Å². The fourth-order valence-corrected chi connectivity index (χ4v) is 10.8. The van der Waals surface area contributed by atoms with E-state index in [2.05, 4.69) is 36.4 Å². The highest BCUT2D eigenvalue weighted by molar-refractivity contribution is 5.85. The fourth-order valence-electron chi connectivity index (χ4n) is 10.8. The van der Waals surface area contributed by atoms with Crippen molar-refractivity contribution in [1.82, 2.24) is 0 Å². The molecule has 0 spiro atoms. The first-order valence-electron chi connectivity index (χ1n) is 26.8. The van der Waals surface area contributed by atoms with Gasteiger partial charge in [0.15, 0.2) is 0 Å². The molecule has 7 aromatic rings. The highest BCUT2D eigenvalue weighted by atomic mass is 16.6. The SMILES string of the molecule is COCCOCCC1(CCOCCOC)c2cc(/C=C/c3ccc([N+](=O)[O-])c(C(C)CO)c3)ccc2-c2ccc(/C=C/c3ccc([N+](=O)[O-])c(C(C)COC(c4ccccc4)(c4ccc(OC)cc4)c4ccc(OC)cc4)c3)cc21. The van der Waals surface area contributed by atoms with Gasteiger partial charge in [-0.2, -0.15) is 0 Å². The molecule has 8 rings (SSSR count). The van der Waals surface area contributed by atoms with E-state index >= 15 is 0 Å². The van der Waals surface area contributed by atoms with E-state index in [1.165, 1.54) is 6.07 Å². The summed E-state index contributed by atoms with van der Waals surface area (Å²) in [7, 11) is 6.56. The van der Waals surface area contributed by atoms with Crippen LogP contribution in [-0.2, 0) is 34.7 Å². The number of aliphatic hydroxyl groups excluding tert-OH is 1. The summed E-state index contributed by atoms with van der Waals surface area (Å²) >= 11 is 0. The summed E-state index contributed by atoms with van der Waals surface area (Å²) in [6.45, 7) is 6.34. The smallest absolute Gasteiger partial charge is 0.272 e. The van der Waals surface area contributed by atoms with Gasteiger partial charge in [0.25, 0.3) is 11.4 Å². The maximum Gasteiger partial charge on any atom is 0.272 e. The van der Waals surface area contributed by atoms with Crippen LogP contribution in [0.2, 0.25) is 0 Å². The predicted octanol–water partition coefficient (Wildman–Crippen LogP) is 13.4. The summed E-state index contributed by atoms with van der Waals surface area (Å²) in [6, 6.07) is 48.7. The lowest BCUT2D eigenvalue weighted by molar-refractivity contribution is -0.385. The molecule has 14 nitrogen and oxygen atoms in total. The van der Waals surface area contributed by atoms with Gasteiger partial charge in [-0.05, 0) is 123 Å². The van der Waals surface area contributed by atoms with Crippen molar-refractivity contribution in [2.75, 3.05) is 81.3 Å². The van der Waals surface area contributed by atoms with Gasteiger partial charge in [-0.1, -0.05) is 129 Å². The van der Waals surface area contributed by atoms with Crippen molar-refractivity contribution in [1.29, 1.82) is 0 Å². The molecule has 0 saturated heterocycles. The van der Waals surface area contributed by atoms with E-state index in [4.69, 9.17) is 33.2 Å². The van der Waals surface area contributed by atoms with Crippen molar-refractivity contribution < 1.29 is 48.1 Å². The number of rotatable bonds is 29. The molecule has 2 unspecified atom stereocenters. The Morgan fingerprint density at radius 2 is 0.925 bits per heavy atom. The number of nitro groups is 2. The Kier molecular flexibility index (Phi) is 20.0. The zero-order valence-electron chi connectivity index (χ0n) is 46.3. The molecule has 80 heavy (non-hydrogen) atoms. The van der Waals surface area contributed by atoms with E-state index < -0.39 is 27.8 Å². The summed E-state index contributed by atoms with van der Waals surface area (Å²) in [5.41, 5.74) is 9.82. The Morgan fingerprint density at radius 3 is 1.34 bits per heavy atom. The van der Waals surface area contributed by atoms with Gasteiger partial charge in [-0.25, -0.2) is 0 Å². The number of hydrogen-bond acceptors (Lipinski definition) is 12. The van der Waals surface area contributed by atoms with E-state index in [0.717, 1.165) is 61.2 Å². The van der Waals surface area contributed by atoms with Crippen LogP contribution < -0.4 is 9.47 Å². The zero-order valence-corrected chi connectivity index (χ0v) is 46.3. The Hall–Kier alpha value is -7.82. The van der Waals surface area contributed by atoms with Crippen LogP contribution in [0.15, 0.2) is 152 Å². The number of nitrogens with zero attached hydrogens (tertiary/aromatic N) is 2. The predicted molar refractivity (Wildman–Crippen MR) is 314 cm³/mol. The first-order chi connectivity index (χ1) is 38.9. The fraction of sp³-hybridized carbons (Fsp3) is 0.303. The molecule has 1 aliphatic rings. The quantitative estimate of drug-likeness (QED) is 0.0155. The van der Waals surface area contributed by atoms with Gasteiger partial charge in [0.05, 0.1) is 57.1 Å². The van der Waals surface area contributed by atoms with Gasteiger partial charge in [-0.3, -0.25) is 20.2 Å². The van der Waals surface area contributed by atoms with Crippen molar-refractivity contribution in [3.63, 3.8) is 0 Å². The number of ether oxygens (including phenoxy) is 7. The van der Waals surface area contributed by atoms with Crippen molar-refractivity contribution >= 4 is 35.7 Å². The van der Waals surface area contributed by atoms with Crippen molar-refractivity contribution in [3.05, 3.63) is 233 Å². The molecule has 0 saturated carbocycles. The summed E-state index contributed by atoms with van der Waals surface area (Å²) < 4.78 is 41.4. The van der Waals surface area contributed by atoms with Crippen LogP contribution in [0.1, 0.15) is 99.7 Å². The molecule has 0 aromatic heterocycles. The van der Waals surface area contributed by atoms with E-state index in [0.29, 0.717) is 75.1 Å². The second kappa shape index (κ2) is 27.4. The minimum atomic E-state index is -1.12. The van der Waals surface area contributed by atoms with Crippen LogP contribution >= 0.6 is 0 Å². The van der Waals surface area contributed by atoms with Crippen LogP contribution in [-0.4, -0.2) is 96.2 Å².